The Labute approximate surface area is 118 Å². The van der Waals surface area contributed by atoms with Crippen molar-refractivity contribution in [2.45, 2.75) is 33.3 Å². The van der Waals surface area contributed by atoms with Gasteiger partial charge in [0.1, 0.15) is 0 Å². The molecule has 1 aromatic rings. The van der Waals surface area contributed by atoms with Gasteiger partial charge >= 0.3 is 5.97 Å². The highest BCUT2D eigenvalue weighted by Gasteiger charge is 2.30. The lowest BCUT2D eigenvalue weighted by Crippen LogP contribution is -2.29. The molecule has 0 bridgehead atoms. The summed E-state index contributed by atoms with van der Waals surface area (Å²) in [5, 5.41) is 11.7. The van der Waals surface area contributed by atoms with E-state index >= 15 is 0 Å². The van der Waals surface area contributed by atoms with Crippen molar-refractivity contribution < 1.29 is 19.4 Å². The molecular formula is C15H21NO4. The average Bonchev–Trinajstić information content (AvgIpc) is 2.37. The summed E-state index contributed by atoms with van der Waals surface area (Å²) in [7, 11) is 1.62. The van der Waals surface area contributed by atoms with Crippen LogP contribution in [0.15, 0.2) is 24.3 Å². The fourth-order valence-electron chi connectivity index (χ4n) is 1.69. The predicted octanol–water partition coefficient (Wildman–Crippen LogP) is 2.83. The van der Waals surface area contributed by atoms with Gasteiger partial charge in [-0.15, -0.1) is 0 Å². The molecule has 0 saturated carbocycles. The number of nitrogens with one attached hydrogen (secondary N) is 1. The first-order valence-electron chi connectivity index (χ1n) is 6.42. The van der Waals surface area contributed by atoms with E-state index in [1.54, 1.807) is 13.2 Å². The van der Waals surface area contributed by atoms with Crippen LogP contribution < -0.4 is 5.32 Å². The standard InChI is InChI=1S/C15H21NO4/c1-10(20-4)11-6-5-7-12(8-11)16-13(17)9-15(2,3)14(18)19/h5-8,10H,9H2,1-4H3,(H,16,17)(H,18,19). The first-order chi connectivity index (χ1) is 9.26. The number of hydrogen-bond donors (Lipinski definition) is 2. The van der Waals surface area contributed by atoms with E-state index in [1.807, 2.05) is 25.1 Å². The summed E-state index contributed by atoms with van der Waals surface area (Å²) >= 11 is 0. The number of rotatable bonds is 6. The van der Waals surface area contributed by atoms with Gasteiger partial charge in [-0.3, -0.25) is 9.59 Å². The smallest absolute Gasteiger partial charge is 0.309 e. The van der Waals surface area contributed by atoms with Gasteiger partial charge in [0.2, 0.25) is 5.91 Å². The van der Waals surface area contributed by atoms with Crippen LogP contribution in [0.4, 0.5) is 5.69 Å². The van der Waals surface area contributed by atoms with E-state index in [9.17, 15) is 9.59 Å². The number of carboxylic acid groups (broad SMARTS) is 1. The van der Waals surface area contributed by atoms with E-state index in [2.05, 4.69) is 5.32 Å². The van der Waals surface area contributed by atoms with Crippen molar-refractivity contribution in [3.63, 3.8) is 0 Å². The van der Waals surface area contributed by atoms with Crippen molar-refractivity contribution in [1.29, 1.82) is 0 Å². The normalized spacial score (nSPS) is 12.8. The molecule has 0 radical (unpaired) electrons. The van der Waals surface area contributed by atoms with E-state index in [-0.39, 0.29) is 18.4 Å². The van der Waals surface area contributed by atoms with E-state index < -0.39 is 11.4 Å². The SMILES string of the molecule is COC(C)c1cccc(NC(=O)CC(C)(C)C(=O)O)c1. The van der Waals surface area contributed by atoms with Gasteiger partial charge in [0, 0.05) is 19.2 Å². The molecule has 110 valence electrons. The maximum absolute atomic E-state index is 11.9. The van der Waals surface area contributed by atoms with Crippen LogP contribution in [0.5, 0.6) is 0 Å². The number of hydrogen-bond acceptors (Lipinski definition) is 3. The second-order valence-electron chi connectivity index (χ2n) is 5.42. The predicted molar refractivity (Wildman–Crippen MR) is 76.5 cm³/mol. The summed E-state index contributed by atoms with van der Waals surface area (Å²) in [4.78, 5) is 22.9. The third-order valence-electron chi connectivity index (χ3n) is 3.17. The van der Waals surface area contributed by atoms with E-state index in [0.717, 1.165) is 5.56 Å². The number of anilines is 1. The summed E-state index contributed by atoms with van der Waals surface area (Å²) < 4.78 is 5.22. The van der Waals surface area contributed by atoms with Crippen LogP contribution in [0.25, 0.3) is 0 Å². The number of carbonyl (C=O) groups is 2. The van der Waals surface area contributed by atoms with Gasteiger partial charge in [-0.25, -0.2) is 0 Å². The summed E-state index contributed by atoms with van der Waals surface area (Å²) in [5.41, 5.74) is 0.502. The fraction of sp³-hybridized carbons (Fsp3) is 0.467. The summed E-state index contributed by atoms with van der Waals surface area (Å²) in [6.07, 6.45) is -0.144. The molecule has 5 heteroatoms. The number of ether oxygens (including phenoxy) is 1. The van der Waals surface area contributed by atoms with E-state index in [1.165, 1.54) is 13.8 Å². The highest BCUT2D eigenvalue weighted by atomic mass is 16.5. The summed E-state index contributed by atoms with van der Waals surface area (Å²) in [6.45, 7) is 4.96. The van der Waals surface area contributed by atoms with Crippen molar-refractivity contribution >= 4 is 17.6 Å². The third-order valence-corrected chi connectivity index (χ3v) is 3.17. The van der Waals surface area contributed by atoms with Gasteiger partial charge in [-0.1, -0.05) is 12.1 Å². The number of methoxy groups -OCH3 is 1. The van der Waals surface area contributed by atoms with Crippen LogP contribution in [0.1, 0.15) is 38.9 Å². The molecular weight excluding hydrogens is 258 g/mol. The van der Waals surface area contributed by atoms with Crippen molar-refractivity contribution in [1.82, 2.24) is 0 Å². The molecule has 1 amide bonds. The highest BCUT2D eigenvalue weighted by molar-refractivity contribution is 5.94. The monoisotopic (exact) mass is 279 g/mol. The maximum Gasteiger partial charge on any atom is 0.309 e. The lowest BCUT2D eigenvalue weighted by molar-refractivity contribution is -0.148. The molecule has 0 aliphatic carbocycles. The molecule has 1 aromatic carbocycles. The zero-order valence-electron chi connectivity index (χ0n) is 12.3. The second-order valence-corrected chi connectivity index (χ2v) is 5.42. The van der Waals surface area contributed by atoms with Crippen LogP contribution in [-0.4, -0.2) is 24.1 Å². The van der Waals surface area contributed by atoms with Crippen molar-refractivity contribution in [3.8, 4) is 0 Å². The molecule has 0 aliphatic rings. The van der Waals surface area contributed by atoms with Gasteiger partial charge in [0.25, 0.3) is 0 Å². The Morgan fingerprint density at radius 1 is 1.40 bits per heavy atom. The van der Waals surface area contributed by atoms with E-state index in [4.69, 9.17) is 9.84 Å². The Morgan fingerprint density at radius 2 is 2.05 bits per heavy atom. The Bertz CT molecular complexity index is 496. The average molecular weight is 279 g/mol. The van der Waals surface area contributed by atoms with Gasteiger partial charge < -0.3 is 15.2 Å². The number of aliphatic carboxylic acids is 1. The molecule has 0 aromatic heterocycles. The third kappa shape index (κ3) is 4.35. The van der Waals surface area contributed by atoms with Crippen LogP contribution in [-0.2, 0) is 14.3 Å². The molecule has 1 rings (SSSR count). The van der Waals surface area contributed by atoms with Gasteiger partial charge in [0.05, 0.1) is 11.5 Å². The van der Waals surface area contributed by atoms with Gasteiger partial charge in [-0.2, -0.15) is 0 Å². The molecule has 0 fully saturated rings. The summed E-state index contributed by atoms with van der Waals surface area (Å²) in [6, 6.07) is 7.31. The summed E-state index contributed by atoms with van der Waals surface area (Å²) in [5.74, 6) is -1.31. The molecule has 20 heavy (non-hydrogen) atoms. The lowest BCUT2D eigenvalue weighted by Gasteiger charge is -2.18. The zero-order valence-corrected chi connectivity index (χ0v) is 12.3. The fourth-order valence-corrected chi connectivity index (χ4v) is 1.69. The number of carboxylic acids is 1. The first-order valence-corrected chi connectivity index (χ1v) is 6.42. The minimum Gasteiger partial charge on any atom is -0.481 e. The first kappa shape index (κ1) is 16.2. The Hall–Kier alpha value is -1.88. The van der Waals surface area contributed by atoms with Crippen molar-refractivity contribution in [2.75, 3.05) is 12.4 Å². The maximum atomic E-state index is 11.9. The van der Waals surface area contributed by atoms with Crippen molar-refractivity contribution in [3.05, 3.63) is 29.8 Å². The second kappa shape index (κ2) is 6.52. The molecule has 2 N–H and O–H groups in total. The molecule has 1 atom stereocenters. The van der Waals surface area contributed by atoms with Gasteiger partial charge in [0.15, 0.2) is 0 Å². The molecule has 5 nitrogen and oxygen atoms in total. The van der Waals surface area contributed by atoms with Crippen molar-refractivity contribution in [2.24, 2.45) is 5.41 Å². The van der Waals surface area contributed by atoms with Crippen LogP contribution in [0.2, 0.25) is 0 Å². The largest absolute Gasteiger partial charge is 0.481 e. The number of benzene rings is 1. The zero-order chi connectivity index (χ0) is 15.3. The molecule has 0 aliphatic heterocycles. The topological polar surface area (TPSA) is 75.6 Å². The Kier molecular flexibility index (Phi) is 5.27. The molecule has 1 unspecified atom stereocenters. The minimum absolute atomic E-state index is 0.0673. The quantitative estimate of drug-likeness (QED) is 0.839. The Balaban J connectivity index is 2.74. The number of carbonyl (C=O) groups excluding carboxylic acids is 1. The minimum atomic E-state index is -1.08. The molecule has 0 spiro atoms. The molecule has 0 heterocycles. The van der Waals surface area contributed by atoms with Crippen LogP contribution in [0.3, 0.4) is 0 Å². The lowest BCUT2D eigenvalue weighted by atomic mass is 9.89. The number of amides is 1. The van der Waals surface area contributed by atoms with Gasteiger partial charge in [-0.05, 0) is 38.5 Å². The van der Waals surface area contributed by atoms with Crippen LogP contribution >= 0.6 is 0 Å². The van der Waals surface area contributed by atoms with E-state index in [0.29, 0.717) is 5.69 Å². The Morgan fingerprint density at radius 3 is 2.60 bits per heavy atom. The highest BCUT2D eigenvalue weighted by Crippen LogP contribution is 2.23. The van der Waals surface area contributed by atoms with Crippen LogP contribution in [0, 0.1) is 5.41 Å². The molecule has 0 saturated heterocycles.